The van der Waals surface area contributed by atoms with Crippen molar-refractivity contribution in [1.29, 1.82) is 0 Å². The third kappa shape index (κ3) is 3.05. The second-order valence-electron chi connectivity index (χ2n) is 4.62. The standard InChI is InChI=1S/C13H12Cl2N2OS.ClH/c14-8-1-2-9-10(3-8)19-12(11(9)15)13(18)17-6-7-4-16-5-7;/h1-3,7,16H,4-6H2,(H,17,18);1H. The van der Waals surface area contributed by atoms with Crippen LogP contribution in [0.4, 0.5) is 0 Å². The molecule has 1 amide bonds. The Morgan fingerprint density at radius 1 is 1.40 bits per heavy atom. The van der Waals surface area contributed by atoms with Crippen molar-refractivity contribution < 1.29 is 4.79 Å². The Hall–Kier alpha value is -0.520. The summed E-state index contributed by atoms with van der Waals surface area (Å²) < 4.78 is 0.938. The summed E-state index contributed by atoms with van der Waals surface area (Å²) in [4.78, 5) is 12.7. The lowest BCUT2D eigenvalue weighted by Gasteiger charge is -2.26. The highest BCUT2D eigenvalue weighted by atomic mass is 35.5. The van der Waals surface area contributed by atoms with Crippen LogP contribution < -0.4 is 10.6 Å². The maximum absolute atomic E-state index is 12.1. The van der Waals surface area contributed by atoms with Gasteiger partial charge in [-0.3, -0.25) is 4.79 Å². The van der Waals surface area contributed by atoms with E-state index in [1.54, 1.807) is 6.07 Å². The summed E-state index contributed by atoms with van der Waals surface area (Å²) in [6, 6.07) is 5.47. The highest BCUT2D eigenvalue weighted by Gasteiger charge is 2.20. The third-order valence-electron chi connectivity index (χ3n) is 3.22. The molecule has 3 nitrogen and oxygen atoms in total. The van der Waals surface area contributed by atoms with Crippen LogP contribution in [-0.2, 0) is 0 Å². The molecule has 2 N–H and O–H groups in total. The maximum atomic E-state index is 12.1. The van der Waals surface area contributed by atoms with Gasteiger partial charge in [0.15, 0.2) is 0 Å². The van der Waals surface area contributed by atoms with Crippen LogP contribution in [0.25, 0.3) is 10.1 Å². The van der Waals surface area contributed by atoms with Crippen LogP contribution in [0.2, 0.25) is 10.0 Å². The molecule has 1 aromatic heterocycles. The fourth-order valence-electron chi connectivity index (χ4n) is 2.00. The van der Waals surface area contributed by atoms with E-state index in [0.717, 1.165) is 23.2 Å². The zero-order chi connectivity index (χ0) is 13.4. The molecule has 2 aromatic rings. The summed E-state index contributed by atoms with van der Waals surface area (Å²) >= 11 is 13.6. The molecule has 0 aliphatic carbocycles. The molecular formula is C13H13Cl3N2OS. The average Bonchev–Trinajstić information content (AvgIpc) is 2.64. The van der Waals surface area contributed by atoms with Crippen LogP contribution in [-0.4, -0.2) is 25.5 Å². The van der Waals surface area contributed by atoms with Gasteiger partial charge in [0.05, 0.1) is 5.02 Å². The second kappa shape index (κ2) is 6.50. The number of amides is 1. The molecule has 3 rings (SSSR count). The van der Waals surface area contributed by atoms with Crippen LogP contribution in [0.3, 0.4) is 0 Å². The number of carbonyl (C=O) groups is 1. The minimum Gasteiger partial charge on any atom is -0.351 e. The number of hydrogen-bond acceptors (Lipinski definition) is 3. The second-order valence-corrected chi connectivity index (χ2v) is 6.49. The summed E-state index contributed by atoms with van der Waals surface area (Å²) in [6.45, 7) is 2.63. The van der Waals surface area contributed by atoms with E-state index in [4.69, 9.17) is 23.2 Å². The Kier molecular flexibility index (Phi) is 5.15. The van der Waals surface area contributed by atoms with Gasteiger partial charge < -0.3 is 10.6 Å². The maximum Gasteiger partial charge on any atom is 0.262 e. The monoisotopic (exact) mass is 350 g/mol. The molecule has 20 heavy (non-hydrogen) atoms. The van der Waals surface area contributed by atoms with Gasteiger partial charge in [-0.2, -0.15) is 0 Å². The Bertz CT molecular complexity index is 640. The van der Waals surface area contributed by atoms with E-state index < -0.39 is 0 Å². The molecule has 1 aliphatic rings. The molecule has 0 spiro atoms. The SMILES string of the molecule is Cl.O=C(NCC1CNC1)c1sc2cc(Cl)ccc2c1Cl. The van der Waals surface area contributed by atoms with Gasteiger partial charge in [0.2, 0.25) is 0 Å². The van der Waals surface area contributed by atoms with Crippen molar-refractivity contribution in [2.45, 2.75) is 0 Å². The molecule has 0 radical (unpaired) electrons. The number of halogens is 3. The molecule has 1 fully saturated rings. The molecule has 0 saturated carbocycles. The van der Waals surface area contributed by atoms with Crippen LogP contribution >= 0.6 is 46.9 Å². The van der Waals surface area contributed by atoms with Gasteiger partial charge in [0, 0.05) is 40.7 Å². The number of fused-ring (bicyclic) bond motifs is 1. The zero-order valence-corrected chi connectivity index (χ0v) is 13.6. The van der Waals surface area contributed by atoms with E-state index in [1.165, 1.54) is 11.3 Å². The quantitative estimate of drug-likeness (QED) is 0.887. The van der Waals surface area contributed by atoms with Crippen molar-refractivity contribution in [2.24, 2.45) is 5.92 Å². The molecule has 108 valence electrons. The summed E-state index contributed by atoms with van der Waals surface area (Å²) in [5.74, 6) is 0.431. The van der Waals surface area contributed by atoms with Gasteiger partial charge in [-0.05, 0) is 12.1 Å². The predicted octanol–water partition coefficient (Wildman–Crippen LogP) is 3.58. The largest absolute Gasteiger partial charge is 0.351 e. The topological polar surface area (TPSA) is 41.1 Å². The molecule has 1 aliphatic heterocycles. The molecule has 0 atom stereocenters. The first-order valence-electron chi connectivity index (χ1n) is 6.01. The summed E-state index contributed by atoms with van der Waals surface area (Å²) in [5, 5.41) is 8.15. The van der Waals surface area contributed by atoms with Gasteiger partial charge in [-0.15, -0.1) is 23.7 Å². The van der Waals surface area contributed by atoms with Crippen LogP contribution in [0.1, 0.15) is 9.67 Å². The number of thiophene rings is 1. The first-order valence-corrected chi connectivity index (χ1v) is 7.59. The lowest BCUT2D eigenvalue weighted by Crippen LogP contribution is -2.48. The zero-order valence-electron chi connectivity index (χ0n) is 10.4. The van der Waals surface area contributed by atoms with E-state index in [9.17, 15) is 4.79 Å². The van der Waals surface area contributed by atoms with E-state index >= 15 is 0 Å². The van der Waals surface area contributed by atoms with Crippen molar-refractivity contribution in [3.05, 3.63) is 33.1 Å². The molecule has 2 heterocycles. The molecular weight excluding hydrogens is 339 g/mol. The third-order valence-corrected chi connectivity index (χ3v) is 5.11. The van der Waals surface area contributed by atoms with Crippen molar-refractivity contribution in [2.75, 3.05) is 19.6 Å². The number of rotatable bonds is 3. The lowest BCUT2D eigenvalue weighted by atomic mass is 10.0. The van der Waals surface area contributed by atoms with Crippen molar-refractivity contribution in [3.63, 3.8) is 0 Å². The number of benzene rings is 1. The summed E-state index contributed by atoms with van der Waals surface area (Å²) in [5.41, 5.74) is 0. The normalized spacial score (nSPS) is 14.7. The number of nitrogens with one attached hydrogen (secondary N) is 2. The Morgan fingerprint density at radius 3 is 2.80 bits per heavy atom. The van der Waals surface area contributed by atoms with E-state index in [-0.39, 0.29) is 18.3 Å². The number of carbonyl (C=O) groups excluding carboxylic acids is 1. The summed E-state index contributed by atoms with van der Waals surface area (Å²) in [7, 11) is 0. The first kappa shape index (κ1) is 15.9. The number of hydrogen-bond donors (Lipinski definition) is 2. The van der Waals surface area contributed by atoms with Gasteiger partial charge >= 0.3 is 0 Å². The van der Waals surface area contributed by atoms with E-state index in [0.29, 0.717) is 27.4 Å². The molecule has 1 saturated heterocycles. The fourth-order valence-corrected chi connectivity index (χ4v) is 3.70. The van der Waals surface area contributed by atoms with Crippen LogP contribution in [0, 0.1) is 5.92 Å². The molecule has 7 heteroatoms. The van der Waals surface area contributed by atoms with Gasteiger partial charge in [-0.25, -0.2) is 0 Å². The smallest absolute Gasteiger partial charge is 0.262 e. The Morgan fingerprint density at radius 2 is 2.15 bits per heavy atom. The minimum absolute atomic E-state index is 0. The van der Waals surface area contributed by atoms with Crippen LogP contribution in [0.5, 0.6) is 0 Å². The molecule has 0 unspecified atom stereocenters. The van der Waals surface area contributed by atoms with Crippen molar-refractivity contribution >= 4 is 62.9 Å². The van der Waals surface area contributed by atoms with E-state index in [2.05, 4.69) is 10.6 Å². The highest BCUT2D eigenvalue weighted by molar-refractivity contribution is 7.21. The van der Waals surface area contributed by atoms with Gasteiger partial charge in [0.25, 0.3) is 5.91 Å². The minimum atomic E-state index is -0.103. The summed E-state index contributed by atoms with van der Waals surface area (Å²) in [6.07, 6.45) is 0. The Balaban J connectivity index is 0.00000147. The first-order chi connectivity index (χ1) is 9.15. The van der Waals surface area contributed by atoms with Gasteiger partial charge in [0.1, 0.15) is 4.88 Å². The average molecular weight is 352 g/mol. The van der Waals surface area contributed by atoms with Crippen molar-refractivity contribution in [3.8, 4) is 0 Å². The predicted molar refractivity (Wildman–Crippen MR) is 87.8 cm³/mol. The fraction of sp³-hybridized carbons (Fsp3) is 0.308. The lowest BCUT2D eigenvalue weighted by molar-refractivity contribution is 0.0946. The highest BCUT2D eigenvalue weighted by Crippen LogP contribution is 2.36. The van der Waals surface area contributed by atoms with Crippen molar-refractivity contribution in [1.82, 2.24) is 10.6 Å². The Labute approximate surface area is 137 Å². The van der Waals surface area contributed by atoms with Crippen LogP contribution in [0.15, 0.2) is 18.2 Å². The van der Waals surface area contributed by atoms with E-state index in [1.807, 2.05) is 12.1 Å². The molecule has 1 aromatic carbocycles. The molecule has 0 bridgehead atoms. The van der Waals surface area contributed by atoms with Gasteiger partial charge in [-0.1, -0.05) is 29.3 Å².